The third kappa shape index (κ3) is 11.0. The average Bonchev–Trinajstić information content (AvgIpc) is 2.93. The highest BCUT2D eigenvalue weighted by molar-refractivity contribution is 6.34. The number of carbonyl (C=O) groups is 4. The maximum atomic E-state index is 14.6. The van der Waals surface area contributed by atoms with Crippen LogP contribution in [0.5, 0.6) is 0 Å². The molecular formula is C34H47ClN4O5. The lowest BCUT2D eigenvalue weighted by Gasteiger charge is -2.39. The van der Waals surface area contributed by atoms with E-state index in [9.17, 15) is 19.2 Å². The SMILES string of the molecule is C=Cc1cccc(C(C(=O)Nc2c(C)cccc2Cl)N(C(=O)C(CCC(N)=O)NC(=O)OC(C)(C)C)C(C)CCC(C)C)c1. The van der Waals surface area contributed by atoms with Crippen molar-refractivity contribution >= 4 is 47.2 Å². The van der Waals surface area contributed by atoms with E-state index >= 15 is 0 Å². The van der Waals surface area contributed by atoms with E-state index in [0.717, 1.165) is 17.5 Å². The van der Waals surface area contributed by atoms with Crippen LogP contribution >= 0.6 is 11.6 Å². The molecule has 0 bridgehead atoms. The van der Waals surface area contributed by atoms with Crippen molar-refractivity contribution in [3.63, 3.8) is 0 Å². The number of halogens is 1. The molecule has 2 aromatic rings. The number of alkyl carbamates (subject to hydrolysis) is 1. The van der Waals surface area contributed by atoms with Gasteiger partial charge in [-0.15, -0.1) is 0 Å². The smallest absolute Gasteiger partial charge is 0.408 e. The highest BCUT2D eigenvalue weighted by Gasteiger charge is 2.39. The number of aryl methyl sites for hydroxylation is 1. The fourth-order valence-corrected chi connectivity index (χ4v) is 5.03. The molecular weight excluding hydrogens is 580 g/mol. The molecule has 3 unspecified atom stereocenters. The van der Waals surface area contributed by atoms with E-state index in [1.54, 1.807) is 57.2 Å². The molecule has 240 valence electrons. The number of rotatable bonds is 14. The third-order valence-corrected chi connectivity index (χ3v) is 7.33. The van der Waals surface area contributed by atoms with Crippen molar-refractivity contribution < 1.29 is 23.9 Å². The molecule has 2 rings (SSSR count). The number of hydrogen-bond acceptors (Lipinski definition) is 5. The zero-order valence-corrected chi connectivity index (χ0v) is 27.7. The van der Waals surface area contributed by atoms with Gasteiger partial charge in [0.15, 0.2) is 0 Å². The van der Waals surface area contributed by atoms with Crippen LogP contribution in [0.1, 0.15) is 90.0 Å². The summed E-state index contributed by atoms with van der Waals surface area (Å²) >= 11 is 6.48. The van der Waals surface area contributed by atoms with Crippen molar-refractivity contribution in [3.05, 3.63) is 70.8 Å². The van der Waals surface area contributed by atoms with Gasteiger partial charge < -0.3 is 26.0 Å². The van der Waals surface area contributed by atoms with Crippen LogP contribution in [0.3, 0.4) is 0 Å². The van der Waals surface area contributed by atoms with E-state index < -0.39 is 47.5 Å². The molecule has 0 aromatic heterocycles. The van der Waals surface area contributed by atoms with Gasteiger partial charge in [0.05, 0.1) is 10.7 Å². The van der Waals surface area contributed by atoms with Gasteiger partial charge in [0.25, 0.3) is 5.91 Å². The van der Waals surface area contributed by atoms with Gasteiger partial charge in [-0.1, -0.05) is 68.4 Å². The number of ether oxygens (including phenoxy) is 1. The number of para-hydroxylation sites is 1. The molecule has 10 heteroatoms. The highest BCUT2D eigenvalue weighted by atomic mass is 35.5. The number of anilines is 1. The van der Waals surface area contributed by atoms with Crippen LogP contribution in [0, 0.1) is 12.8 Å². The number of hydrogen-bond donors (Lipinski definition) is 3. The molecule has 4 amide bonds. The van der Waals surface area contributed by atoms with Crippen LogP contribution in [0.4, 0.5) is 10.5 Å². The molecule has 44 heavy (non-hydrogen) atoms. The van der Waals surface area contributed by atoms with E-state index in [4.69, 9.17) is 22.1 Å². The van der Waals surface area contributed by atoms with Gasteiger partial charge in [0.1, 0.15) is 17.7 Å². The molecule has 4 N–H and O–H groups in total. The number of nitrogens with zero attached hydrogens (tertiary/aromatic N) is 1. The lowest BCUT2D eigenvalue weighted by atomic mass is 9.95. The first-order valence-electron chi connectivity index (χ1n) is 14.9. The summed E-state index contributed by atoms with van der Waals surface area (Å²) in [5, 5.41) is 5.94. The Kier molecular flexibility index (Phi) is 13.5. The van der Waals surface area contributed by atoms with E-state index in [-0.39, 0.29) is 12.8 Å². The minimum atomic E-state index is -1.20. The van der Waals surface area contributed by atoms with Gasteiger partial charge in [-0.3, -0.25) is 14.4 Å². The Labute approximate surface area is 266 Å². The summed E-state index contributed by atoms with van der Waals surface area (Å²) < 4.78 is 5.43. The number of primary amides is 1. The summed E-state index contributed by atoms with van der Waals surface area (Å²) in [4.78, 5) is 55.1. The van der Waals surface area contributed by atoms with E-state index in [2.05, 4.69) is 31.1 Å². The molecule has 0 aliphatic rings. The quantitative estimate of drug-likeness (QED) is 0.213. The van der Waals surface area contributed by atoms with Crippen LogP contribution < -0.4 is 16.4 Å². The summed E-state index contributed by atoms with van der Waals surface area (Å²) in [6.07, 6.45) is 1.95. The van der Waals surface area contributed by atoms with Crippen LogP contribution in [0.2, 0.25) is 5.02 Å². The summed E-state index contributed by atoms with van der Waals surface area (Å²) in [5.41, 5.74) is 7.10. The molecule has 2 aromatic carbocycles. The third-order valence-electron chi connectivity index (χ3n) is 7.02. The lowest BCUT2D eigenvalue weighted by molar-refractivity contribution is -0.143. The first-order chi connectivity index (χ1) is 20.5. The van der Waals surface area contributed by atoms with Crippen molar-refractivity contribution in [2.24, 2.45) is 11.7 Å². The van der Waals surface area contributed by atoms with Crippen molar-refractivity contribution in [3.8, 4) is 0 Å². The second-order valence-corrected chi connectivity index (χ2v) is 12.9. The van der Waals surface area contributed by atoms with Crippen LogP contribution in [0.15, 0.2) is 49.0 Å². The van der Waals surface area contributed by atoms with Crippen LogP contribution in [-0.4, -0.2) is 46.4 Å². The Morgan fingerprint density at radius 3 is 2.27 bits per heavy atom. The van der Waals surface area contributed by atoms with Crippen LogP contribution in [-0.2, 0) is 19.1 Å². The van der Waals surface area contributed by atoms with Crippen LogP contribution in [0.25, 0.3) is 6.08 Å². The normalized spacial score (nSPS) is 13.4. The second kappa shape index (κ2) is 16.3. The van der Waals surface area contributed by atoms with Crippen molar-refractivity contribution in [2.75, 3.05) is 5.32 Å². The predicted octanol–water partition coefficient (Wildman–Crippen LogP) is 6.78. The van der Waals surface area contributed by atoms with E-state index in [0.29, 0.717) is 28.6 Å². The molecule has 0 aliphatic carbocycles. The zero-order chi connectivity index (χ0) is 33.2. The van der Waals surface area contributed by atoms with Crippen molar-refractivity contribution in [2.45, 2.75) is 97.9 Å². The summed E-state index contributed by atoms with van der Waals surface area (Å²) in [5.74, 6) is -1.33. The number of benzene rings is 2. The number of nitrogens with two attached hydrogens (primary N) is 1. The molecule has 0 aliphatic heterocycles. The predicted molar refractivity (Wildman–Crippen MR) is 176 cm³/mol. The monoisotopic (exact) mass is 626 g/mol. The topological polar surface area (TPSA) is 131 Å². The molecule has 0 saturated carbocycles. The minimum Gasteiger partial charge on any atom is -0.444 e. The molecule has 0 heterocycles. The van der Waals surface area contributed by atoms with E-state index in [1.165, 1.54) is 4.90 Å². The summed E-state index contributed by atoms with van der Waals surface area (Å²) in [6.45, 7) is 16.8. The van der Waals surface area contributed by atoms with Gasteiger partial charge in [0.2, 0.25) is 11.8 Å². The molecule has 0 radical (unpaired) electrons. The minimum absolute atomic E-state index is 0.0779. The maximum absolute atomic E-state index is 14.6. The maximum Gasteiger partial charge on any atom is 0.408 e. The van der Waals surface area contributed by atoms with Gasteiger partial charge in [-0.05, 0) is 88.6 Å². The van der Waals surface area contributed by atoms with Gasteiger partial charge in [-0.25, -0.2) is 4.79 Å². The second-order valence-electron chi connectivity index (χ2n) is 12.5. The largest absolute Gasteiger partial charge is 0.444 e. The number of amides is 4. The Balaban J connectivity index is 2.72. The molecule has 0 fully saturated rings. The van der Waals surface area contributed by atoms with E-state index in [1.807, 2.05) is 26.0 Å². The fourth-order valence-electron chi connectivity index (χ4n) is 4.76. The Morgan fingerprint density at radius 2 is 1.70 bits per heavy atom. The van der Waals surface area contributed by atoms with Crippen molar-refractivity contribution in [1.29, 1.82) is 0 Å². The van der Waals surface area contributed by atoms with Gasteiger partial charge in [-0.2, -0.15) is 0 Å². The Morgan fingerprint density at radius 1 is 1.05 bits per heavy atom. The number of carbonyl (C=O) groups excluding carboxylic acids is 4. The first-order valence-corrected chi connectivity index (χ1v) is 15.3. The Bertz CT molecular complexity index is 1320. The molecule has 0 saturated heterocycles. The summed E-state index contributed by atoms with van der Waals surface area (Å²) in [6, 6.07) is 9.72. The molecule has 9 nitrogen and oxygen atoms in total. The van der Waals surface area contributed by atoms with Gasteiger partial charge >= 0.3 is 6.09 Å². The Hall–Kier alpha value is -3.85. The first kappa shape index (κ1) is 36.3. The lowest BCUT2D eigenvalue weighted by Crippen LogP contribution is -2.55. The summed E-state index contributed by atoms with van der Waals surface area (Å²) in [7, 11) is 0. The highest BCUT2D eigenvalue weighted by Crippen LogP contribution is 2.32. The van der Waals surface area contributed by atoms with Crippen molar-refractivity contribution in [1.82, 2.24) is 10.2 Å². The number of nitrogens with one attached hydrogen (secondary N) is 2. The standard InChI is InChI=1S/C34H47ClN4O5/c1-9-24-13-11-14-25(20-24)30(31(41)38-29-22(4)12-10-15-26(29)35)39(23(5)17-16-21(2)3)32(42)27(18-19-28(36)40)37-33(43)44-34(6,7)8/h9-15,20-21,23,27,30H,1,16-19H2,2-8H3,(H2,36,40)(H,37,43)(H,38,41). The average molecular weight is 627 g/mol. The molecule has 0 spiro atoms. The fraction of sp³-hybridized carbons (Fsp3) is 0.471. The molecule has 3 atom stereocenters. The van der Waals surface area contributed by atoms with Gasteiger partial charge in [0, 0.05) is 12.5 Å². The zero-order valence-electron chi connectivity index (χ0n) is 26.9.